The molecule has 0 spiro atoms. The second kappa shape index (κ2) is 14.8. The monoisotopic (exact) mass is 544 g/mol. The molecular formula is C30H32N4O6. The lowest BCUT2D eigenvalue weighted by atomic mass is 9.99. The van der Waals surface area contributed by atoms with Crippen molar-refractivity contribution in [2.75, 3.05) is 30.1 Å². The number of nitriles is 1. The van der Waals surface area contributed by atoms with Crippen LogP contribution in [0, 0.1) is 11.3 Å². The molecule has 0 fully saturated rings. The number of methoxy groups -OCH3 is 1. The van der Waals surface area contributed by atoms with Gasteiger partial charge in [0.15, 0.2) is 17.6 Å². The van der Waals surface area contributed by atoms with E-state index in [-0.39, 0.29) is 17.4 Å². The van der Waals surface area contributed by atoms with E-state index in [0.29, 0.717) is 47.6 Å². The number of nitrogen functional groups attached to an aromatic ring is 1. The van der Waals surface area contributed by atoms with E-state index >= 15 is 0 Å². The number of benzene rings is 3. The molecule has 0 heterocycles. The number of aromatic hydroxyl groups is 1. The number of hydrogen-bond donors (Lipinski definition) is 4. The maximum absolute atomic E-state index is 12.9. The van der Waals surface area contributed by atoms with E-state index in [1.807, 2.05) is 13.0 Å². The summed E-state index contributed by atoms with van der Waals surface area (Å²) in [6, 6.07) is 20.0. The number of hydrogen-bond acceptors (Lipinski definition) is 8. The molecule has 2 atom stereocenters. The number of amides is 2. The molecule has 0 saturated carbocycles. The standard InChI is InChI=1S/C30H32N4O6/c1-3-39-27(10-6-7-11-28(36)34-24-9-5-4-8-23(24)32)29(21-14-17-26(38-2)25(35)18-21)40-30(37)33-22-15-12-20(19-31)13-16-22/h4-5,7-9,11-18,27,29,35H,3,6,10,32H2,1-2H3,(H,33,37)(H,34,36)/b11-7+/t27-,29-/m1/s1. The molecule has 0 aliphatic rings. The Hall–Kier alpha value is -5.01. The summed E-state index contributed by atoms with van der Waals surface area (Å²) in [4.78, 5) is 25.2. The molecule has 0 aromatic heterocycles. The van der Waals surface area contributed by atoms with E-state index in [1.54, 1.807) is 66.7 Å². The lowest BCUT2D eigenvalue weighted by Gasteiger charge is -2.27. The smallest absolute Gasteiger partial charge is 0.412 e. The minimum atomic E-state index is -0.901. The molecule has 2 amide bonds. The predicted octanol–water partition coefficient (Wildman–Crippen LogP) is 5.52. The fraction of sp³-hybridized carbons (Fsp3) is 0.233. The number of phenolic OH excluding ortho intramolecular Hbond substituents is 1. The van der Waals surface area contributed by atoms with Crippen molar-refractivity contribution in [1.29, 1.82) is 5.26 Å². The zero-order valence-corrected chi connectivity index (χ0v) is 22.3. The zero-order chi connectivity index (χ0) is 28.9. The summed E-state index contributed by atoms with van der Waals surface area (Å²) < 4.78 is 16.9. The van der Waals surface area contributed by atoms with Gasteiger partial charge < -0.3 is 30.4 Å². The van der Waals surface area contributed by atoms with Crippen LogP contribution in [0.3, 0.4) is 0 Å². The Morgan fingerprint density at radius 1 is 1.10 bits per heavy atom. The number of allylic oxidation sites excluding steroid dienone is 1. The number of nitrogens with one attached hydrogen (secondary N) is 2. The van der Waals surface area contributed by atoms with Crippen molar-refractivity contribution in [2.24, 2.45) is 0 Å². The number of phenols is 1. The Bertz CT molecular complexity index is 1370. The van der Waals surface area contributed by atoms with Crippen molar-refractivity contribution in [3.05, 3.63) is 90.0 Å². The summed E-state index contributed by atoms with van der Waals surface area (Å²) in [7, 11) is 1.44. The third-order valence-electron chi connectivity index (χ3n) is 5.85. The van der Waals surface area contributed by atoms with Gasteiger partial charge in [-0.25, -0.2) is 4.79 Å². The summed E-state index contributed by atoms with van der Waals surface area (Å²) in [5, 5.41) is 24.7. The van der Waals surface area contributed by atoms with Gasteiger partial charge in [-0.2, -0.15) is 5.26 Å². The Morgan fingerprint density at radius 2 is 1.85 bits per heavy atom. The van der Waals surface area contributed by atoms with Gasteiger partial charge in [-0.05, 0) is 79.9 Å². The molecule has 0 radical (unpaired) electrons. The van der Waals surface area contributed by atoms with Crippen LogP contribution in [-0.2, 0) is 14.3 Å². The van der Waals surface area contributed by atoms with Gasteiger partial charge in [-0.15, -0.1) is 0 Å². The highest BCUT2D eigenvalue weighted by Crippen LogP contribution is 2.34. The quantitative estimate of drug-likeness (QED) is 0.171. The molecule has 40 heavy (non-hydrogen) atoms. The van der Waals surface area contributed by atoms with Crippen molar-refractivity contribution in [1.82, 2.24) is 0 Å². The number of carbonyl (C=O) groups is 2. The number of nitrogens with zero attached hydrogens (tertiary/aromatic N) is 1. The Balaban J connectivity index is 1.74. The molecule has 3 aromatic rings. The summed E-state index contributed by atoms with van der Waals surface area (Å²) in [5.41, 5.74) is 8.25. The normalized spacial score (nSPS) is 12.2. The van der Waals surface area contributed by atoms with Crippen molar-refractivity contribution in [2.45, 2.75) is 32.0 Å². The lowest BCUT2D eigenvalue weighted by Crippen LogP contribution is -2.29. The van der Waals surface area contributed by atoms with E-state index in [2.05, 4.69) is 10.6 Å². The average Bonchev–Trinajstić information content (AvgIpc) is 2.95. The third kappa shape index (κ3) is 8.51. The van der Waals surface area contributed by atoms with E-state index < -0.39 is 18.3 Å². The van der Waals surface area contributed by atoms with Crippen LogP contribution in [0.5, 0.6) is 11.5 Å². The highest BCUT2D eigenvalue weighted by atomic mass is 16.6. The van der Waals surface area contributed by atoms with Crippen molar-refractivity contribution in [3.8, 4) is 17.6 Å². The Kier molecular flexibility index (Phi) is 10.9. The van der Waals surface area contributed by atoms with Crippen LogP contribution in [0.15, 0.2) is 78.9 Å². The van der Waals surface area contributed by atoms with Crippen LogP contribution in [0.2, 0.25) is 0 Å². The summed E-state index contributed by atoms with van der Waals surface area (Å²) >= 11 is 0. The molecular weight excluding hydrogens is 512 g/mol. The van der Waals surface area contributed by atoms with Gasteiger partial charge in [0.05, 0.1) is 36.2 Å². The largest absolute Gasteiger partial charge is 0.504 e. The molecule has 0 aliphatic carbocycles. The molecule has 0 bridgehead atoms. The Morgan fingerprint density at radius 3 is 2.50 bits per heavy atom. The number of para-hydroxylation sites is 2. The SMILES string of the molecule is CCO[C@H](CC/C=C/C(=O)Nc1ccccc1N)[C@H](OC(=O)Nc1ccc(C#N)cc1)c1ccc(OC)c(O)c1. The maximum Gasteiger partial charge on any atom is 0.412 e. The topological polar surface area (TPSA) is 156 Å². The molecule has 10 heteroatoms. The fourth-order valence-electron chi connectivity index (χ4n) is 3.91. The maximum atomic E-state index is 12.9. The third-order valence-corrected chi connectivity index (χ3v) is 5.85. The zero-order valence-electron chi connectivity index (χ0n) is 22.3. The van der Waals surface area contributed by atoms with E-state index in [1.165, 1.54) is 19.3 Å². The van der Waals surface area contributed by atoms with Gasteiger partial charge in [0.1, 0.15) is 0 Å². The van der Waals surface area contributed by atoms with Gasteiger partial charge in [-0.3, -0.25) is 10.1 Å². The molecule has 3 aromatic carbocycles. The average molecular weight is 545 g/mol. The van der Waals surface area contributed by atoms with Crippen molar-refractivity contribution < 1.29 is 28.9 Å². The van der Waals surface area contributed by atoms with Gasteiger partial charge >= 0.3 is 6.09 Å². The number of carbonyl (C=O) groups excluding carboxylic acids is 2. The molecule has 3 rings (SSSR count). The minimum absolute atomic E-state index is 0.117. The van der Waals surface area contributed by atoms with E-state index in [0.717, 1.165) is 0 Å². The van der Waals surface area contributed by atoms with Crippen molar-refractivity contribution in [3.63, 3.8) is 0 Å². The highest BCUT2D eigenvalue weighted by molar-refractivity contribution is 6.01. The molecule has 0 aliphatic heterocycles. The first kappa shape index (κ1) is 29.5. The second-order valence-electron chi connectivity index (χ2n) is 8.62. The van der Waals surface area contributed by atoms with Crippen LogP contribution in [0.1, 0.15) is 37.0 Å². The first-order valence-corrected chi connectivity index (χ1v) is 12.6. The van der Waals surface area contributed by atoms with Crippen LogP contribution in [0.4, 0.5) is 21.9 Å². The fourth-order valence-corrected chi connectivity index (χ4v) is 3.91. The summed E-state index contributed by atoms with van der Waals surface area (Å²) in [6.07, 6.45) is 1.67. The van der Waals surface area contributed by atoms with Gasteiger partial charge in [0.25, 0.3) is 0 Å². The predicted molar refractivity (Wildman–Crippen MR) is 152 cm³/mol. The number of ether oxygens (including phenoxy) is 3. The van der Waals surface area contributed by atoms with Crippen LogP contribution < -0.4 is 21.1 Å². The minimum Gasteiger partial charge on any atom is -0.504 e. The van der Waals surface area contributed by atoms with Gasteiger partial charge in [0.2, 0.25) is 5.91 Å². The molecule has 208 valence electrons. The van der Waals surface area contributed by atoms with Gasteiger partial charge in [0, 0.05) is 12.3 Å². The van der Waals surface area contributed by atoms with Crippen molar-refractivity contribution >= 4 is 29.1 Å². The van der Waals surface area contributed by atoms with Gasteiger partial charge in [-0.1, -0.05) is 24.3 Å². The Labute approximate surface area is 233 Å². The molecule has 0 unspecified atom stereocenters. The first-order chi connectivity index (χ1) is 19.3. The molecule has 5 N–H and O–H groups in total. The summed E-state index contributed by atoms with van der Waals surface area (Å²) in [5.74, 6) is -0.181. The van der Waals surface area contributed by atoms with Crippen LogP contribution in [0.25, 0.3) is 0 Å². The van der Waals surface area contributed by atoms with Crippen LogP contribution in [-0.4, -0.2) is 36.9 Å². The number of anilines is 3. The number of nitrogens with two attached hydrogens (primary N) is 1. The van der Waals surface area contributed by atoms with E-state index in [9.17, 15) is 14.7 Å². The molecule has 0 saturated heterocycles. The number of rotatable bonds is 12. The summed E-state index contributed by atoms with van der Waals surface area (Å²) in [6.45, 7) is 2.15. The highest BCUT2D eigenvalue weighted by Gasteiger charge is 2.28. The lowest BCUT2D eigenvalue weighted by molar-refractivity contribution is -0.111. The van der Waals surface area contributed by atoms with E-state index in [4.69, 9.17) is 25.2 Å². The first-order valence-electron chi connectivity index (χ1n) is 12.6. The molecule has 10 nitrogen and oxygen atoms in total. The second-order valence-corrected chi connectivity index (χ2v) is 8.62. The van der Waals surface area contributed by atoms with Crippen LogP contribution >= 0.6 is 0 Å².